The van der Waals surface area contributed by atoms with Gasteiger partial charge in [-0.1, -0.05) is 17.7 Å². The second kappa shape index (κ2) is 8.47. The third kappa shape index (κ3) is 4.68. The maximum Gasteiger partial charge on any atom is 0.453 e. The molecule has 8 nitrogen and oxygen atoms in total. The first kappa shape index (κ1) is 22.7. The van der Waals surface area contributed by atoms with Gasteiger partial charge in [-0.05, 0) is 51.0 Å². The lowest BCUT2D eigenvalue weighted by Gasteiger charge is -2.11. The molecular formula is C21H19ClF3N7O. The molecule has 172 valence electrons. The normalized spacial score (nSPS) is 11.8. The molecule has 3 aromatic heterocycles. The first-order valence-electron chi connectivity index (χ1n) is 9.95. The minimum atomic E-state index is -4.67. The van der Waals surface area contributed by atoms with Crippen molar-refractivity contribution < 1.29 is 18.0 Å². The van der Waals surface area contributed by atoms with Crippen molar-refractivity contribution in [3.63, 3.8) is 0 Å². The molecule has 0 aliphatic rings. The Morgan fingerprint density at radius 2 is 1.88 bits per heavy atom. The first-order chi connectivity index (χ1) is 15.5. The molecule has 0 saturated carbocycles. The van der Waals surface area contributed by atoms with Crippen LogP contribution in [0, 0.1) is 20.8 Å². The van der Waals surface area contributed by atoms with Crippen LogP contribution in [0.5, 0.6) is 0 Å². The highest BCUT2D eigenvalue weighted by Gasteiger charge is 2.37. The van der Waals surface area contributed by atoms with Crippen molar-refractivity contribution in [1.29, 1.82) is 0 Å². The number of alkyl halides is 3. The lowest BCUT2D eigenvalue weighted by molar-refractivity contribution is -0.144. The van der Waals surface area contributed by atoms with Crippen molar-refractivity contribution in [2.24, 2.45) is 0 Å². The van der Waals surface area contributed by atoms with E-state index in [1.54, 1.807) is 49.7 Å². The molecule has 0 bridgehead atoms. The van der Waals surface area contributed by atoms with Crippen LogP contribution in [0.2, 0.25) is 5.02 Å². The van der Waals surface area contributed by atoms with Gasteiger partial charge < -0.3 is 5.32 Å². The Morgan fingerprint density at radius 3 is 2.58 bits per heavy atom. The van der Waals surface area contributed by atoms with Crippen LogP contribution in [-0.2, 0) is 17.4 Å². The molecule has 1 amide bonds. The summed E-state index contributed by atoms with van der Waals surface area (Å²) >= 11 is 6.07. The van der Waals surface area contributed by atoms with E-state index in [9.17, 15) is 18.0 Å². The molecular weight excluding hydrogens is 459 g/mol. The third-order valence-electron chi connectivity index (χ3n) is 5.06. The Hall–Kier alpha value is -3.47. The van der Waals surface area contributed by atoms with Crippen LogP contribution < -0.4 is 5.32 Å². The van der Waals surface area contributed by atoms with Gasteiger partial charge in [0.2, 0.25) is 5.91 Å². The van der Waals surface area contributed by atoms with Crippen molar-refractivity contribution in [2.45, 2.75) is 39.8 Å². The van der Waals surface area contributed by atoms with Crippen LogP contribution in [-0.4, -0.2) is 35.3 Å². The number of halogens is 4. The van der Waals surface area contributed by atoms with Crippen molar-refractivity contribution in [3.8, 4) is 5.69 Å². The van der Waals surface area contributed by atoms with Gasteiger partial charge >= 0.3 is 6.18 Å². The number of hydrogen-bond acceptors (Lipinski definition) is 5. The highest BCUT2D eigenvalue weighted by Crippen LogP contribution is 2.27. The van der Waals surface area contributed by atoms with E-state index < -0.39 is 12.0 Å². The topological polar surface area (TPSA) is 90.0 Å². The van der Waals surface area contributed by atoms with Gasteiger partial charge in [-0.15, -0.1) is 5.10 Å². The maximum atomic E-state index is 13.0. The minimum absolute atomic E-state index is 0.0788. The SMILES string of the molecule is Cc1cc(NC(=O)CCc2c(C)nc3nc(C(F)(F)F)nn3c2C)n(-c2cccc(Cl)c2)n1. The lowest BCUT2D eigenvalue weighted by Crippen LogP contribution is -2.16. The summed E-state index contributed by atoms with van der Waals surface area (Å²) in [5.74, 6) is -1.19. The molecule has 0 saturated heterocycles. The minimum Gasteiger partial charge on any atom is -0.311 e. The Morgan fingerprint density at radius 1 is 1.12 bits per heavy atom. The van der Waals surface area contributed by atoms with E-state index in [4.69, 9.17) is 11.6 Å². The molecule has 0 radical (unpaired) electrons. The Labute approximate surface area is 191 Å². The van der Waals surface area contributed by atoms with Gasteiger partial charge in [-0.3, -0.25) is 4.79 Å². The molecule has 1 N–H and O–H groups in total. The maximum absolute atomic E-state index is 13.0. The number of benzene rings is 1. The van der Waals surface area contributed by atoms with Gasteiger partial charge in [0.05, 0.1) is 11.4 Å². The van der Waals surface area contributed by atoms with Gasteiger partial charge in [-0.2, -0.15) is 23.3 Å². The molecule has 0 spiro atoms. The quantitative estimate of drug-likeness (QED) is 0.458. The number of amides is 1. The van der Waals surface area contributed by atoms with Crippen LogP contribution >= 0.6 is 11.6 Å². The molecule has 4 rings (SSSR count). The summed E-state index contributed by atoms with van der Waals surface area (Å²) in [4.78, 5) is 20.3. The summed E-state index contributed by atoms with van der Waals surface area (Å²) in [5, 5.41) is 11.3. The van der Waals surface area contributed by atoms with Crippen molar-refractivity contribution in [1.82, 2.24) is 29.4 Å². The highest BCUT2D eigenvalue weighted by molar-refractivity contribution is 6.30. The van der Waals surface area contributed by atoms with Crippen LogP contribution in [0.25, 0.3) is 11.5 Å². The molecule has 33 heavy (non-hydrogen) atoms. The largest absolute Gasteiger partial charge is 0.453 e. The number of nitrogens with one attached hydrogen (secondary N) is 1. The fraction of sp³-hybridized carbons (Fsp3) is 0.286. The second-order valence-electron chi connectivity index (χ2n) is 7.52. The van der Waals surface area contributed by atoms with E-state index in [1.807, 2.05) is 6.07 Å². The van der Waals surface area contributed by atoms with Gasteiger partial charge in [0.25, 0.3) is 11.6 Å². The molecule has 0 fully saturated rings. The van der Waals surface area contributed by atoms with E-state index in [0.29, 0.717) is 39.2 Å². The second-order valence-corrected chi connectivity index (χ2v) is 7.95. The lowest BCUT2D eigenvalue weighted by atomic mass is 10.1. The van der Waals surface area contributed by atoms with Gasteiger partial charge in [0.15, 0.2) is 0 Å². The van der Waals surface area contributed by atoms with Crippen LogP contribution in [0.1, 0.15) is 34.9 Å². The Bertz CT molecular complexity index is 1360. The number of aryl methyl sites for hydroxylation is 3. The zero-order valence-electron chi connectivity index (χ0n) is 17.9. The standard InChI is InChI=1S/C21H19ClF3N7O/c1-11-9-17(32(29-11)15-6-4-5-14(22)10-15)27-18(33)8-7-16-12(2)26-20-28-19(21(23,24)25)30-31(20)13(16)3/h4-6,9-10H,7-8H2,1-3H3,(H,27,33). The van der Waals surface area contributed by atoms with E-state index in [0.717, 1.165) is 4.52 Å². The molecule has 0 aliphatic carbocycles. The van der Waals surface area contributed by atoms with Crippen molar-refractivity contribution in [2.75, 3.05) is 5.32 Å². The molecule has 1 aromatic carbocycles. The Balaban J connectivity index is 1.53. The van der Waals surface area contributed by atoms with Crippen LogP contribution in [0.15, 0.2) is 30.3 Å². The predicted molar refractivity (Wildman–Crippen MR) is 116 cm³/mol. The number of hydrogen-bond donors (Lipinski definition) is 1. The summed E-state index contributed by atoms with van der Waals surface area (Å²) < 4.78 is 41.5. The summed E-state index contributed by atoms with van der Waals surface area (Å²) in [6, 6.07) is 8.79. The Kier molecular flexibility index (Phi) is 5.83. The zero-order chi connectivity index (χ0) is 23.9. The number of anilines is 1. The molecule has 0 aliphatic heterocycles. The smallest absolute Gasteiger partial charge is 0.311 e. The molecule has 3 heterocycles. The van der Waals surface area contributed by atoms with Crippen molar-refractivity contribution in [3.05, 3.63) is 63.8 Å². The van der Waals surface area contributed by atoms with E-state index >= 15 is 0 Å². The van der Waals surface area contributed by atoms with Gasteiger partial charge in [-0.25, -0.2) is 14.2 Å². The number of carbonyl (C=O) groups is 1. The average molecular weight is 478 g/mol. The molecule has 12 heteroatoms. The fourth-order valence-electron chi connectivity index (χ4n) is 3.53. The highest BCUT2D eigenvalue weighted by atomic mass is 35.5. The number of carbonyl (C=O) groups excluding carboxylic acids is 1. The number of aromatic nitrogens is 6. The fourth-order valence-corrected chi connectivity index (χ4v) is 3.71. The molecule has 0 unspecified atom stereocenters. The van der Waals surface area contributed by atoms with E-state index in [-0.39, 0.29) is 24.5 Å². The molecule has 4 aromatic rings. The monoisotopic (exact) mass is 477 g/mol. The predicted octanol–water partition coefficient (Wildman–Crippen LogP) is 4.48. The van der Waals surface area contributed by atoms with Gasteiger partial charge in [0, 0.05) is 28.9 Å². The van der Waals surface area contributed by atoms with Crippen LogP contribution in [0.4, 0.5) is 19.0 Å². The summed E-state index contributed by atoms with van der Waals surface area (Å²) in [7, 11) is 0. The third-order valence-corrected chi connectivity index (χ3v) is 5.29. The summed E-state index contributed by atoms with van der Waals surface area (Å²) in [6.07, 6.45) is -4.33. The number of rotatable bonds is 5. The summed E-state index contributed by atoms with van der Waals surface area (Å²) in [6.45, 7) is 5.10. The molecule has 0 atom stereocenters. The first-order valence-corrected chi connectivity index (χ1v) is 10.3. The van der Waals surface area contributed by atoms with E-state index in [1.165, 1.54) is 0 Å². The zero-order valence-corrected chi connectivity index (χ0v) is 18.7. The van der Waals surface area contributed by atoms with Crippen LogP contribution in [0.3, 0.4) is 0 Å². The van der Waals surface area contributed by atoms with Crippen molar-refractivity contribution >= 4 is 29.1 Å². The average Bonchev–Trinajstić information content (AvgIpc) is 3.31. The summed E-state index contributed by atoms with van der Waals surface area (Å²) in [5.41, 5.74) is 2.98. The number of nitrogens with zero attached hydrogens (tertiary/aromatic N) is 6. The van der Waals surface area contributed by atoms with Gasteiger partial charge in [0.1, 0.15) is 5.82 Å². The number of fused-ring (bicyclic) bond motifs is 1. The van der Waals surface area contributed by atoms with E-state index in [2.05, 4.69) is 25.5 Å².